The van der Waals surface area contributed by atoms with Crippen LogP contribution < -0.4 is 10.2 Å². The second-order valence-corrected chi connectivity index (χ2v) is 6.24. The molecular formula is C22H24N4O. The normalized spacial score (nSPS) is 10.5. The Kier molecular flexibility index (Phi) is 5.81. The third-order valence-electron chi connectivity index (χ3n) is 4.35. The van der Waals surface area contributed by atoms with Gasteiger partial charge in [0.05, 0.1) is 0 Å². The molecule has 0 atom stereocenters. The van der Waals surface area contributed by atoms with E-state index in [-0.39, 0.29) is 5.91 Å². The van der Waals surface area contributed by atoms with Crippen molar-refractivity contribution >= 4 is 23.2 Å². The van der Waals surface area contributed by atoms with E-state index in [1.807, 2.05) is 73.3 Å². The van der Waals surface area contributed by atoms with E-state index in [0.717, 1.165) is 29.1 Å². The summed E-state index contributed by atoms with van der Waals surface area (Å²) in [6, 6.07) is 19.5. The fourth-order valence-corrected chi connectivity index (χ4v) is 2.97. The van der Waals surface area contributed by atoms with Gasteiger partial charge in [-0.1, -0.05) is 43.3 Å². The fraction of sp³-hybridized carbons (Fsp3) is 0.227. The van der Waals surface area contributed by atoms with Gasteiger partial charge in [0.1, 0.15) is 5.69 Å². The number of rotatable bonds is 6. The first-order valence-electron chi connectivity index (χ1n) is 9.20. The highest BCUT2D eigenvalue weighted by molar-refractivity contribution is 6.03. The second-order valence-electron chi connectivity index (χ2n) is 6.24. The molecule has 0 saturated carbocycles. The van der Waals surface area contributed by atoms with E-state index in [0.29, 0.717) is 18.2 Å². The highest BCUT2D eigenvalue weighted by atomic mass is 16.1. The molecular weight excluding hydrogens is 336 g/mol. The summed E-state index contributed by atoms with van der Waals surface area (Å²) < 4.78 is 0. The predicted molar refractivity (Wildman–Crippen MR) is 110 cm³/mol. The quantitative estimate of drug-likeness (QED) is 0.689. The van der Waals surface area contributed by atoms with Gasteiger partial charge in [-0.3, -0.25) is 4.79 Å². The summed E-state index contributed by atoms with van der Waals surface area (Å²) in [7, 11) is 0. The molecule has 27 heavy (non-hydrogen) atoms. The molecule has 1 amide bonds. The molecule has 2 aromatic carbocycles. The van der Waals surface area contributed by atoms with Crippen molar-refractivity contribution in [3.63, 3.8) is 0 Å². The fourth-order valence-electron chi connectivity index (χ4n) is 2.97. The third-order valence-corrected chi connectivity index (χ3v) is 4.35. The van der Waals surface area contributed by atoms with E-state index in [9.17, 15) is 4.79 Å². The maximum atomic E-state index is 12.8. The summed E-state index contributed by atoms with van der Waals surface area (Å²) in [6.45, 7) is 6.68. The minimum absolute atomic E-state index is 0.230. The molecule has 3 aromatic rings. The Morgan fingerprint density at radius 1 is 1.00 bits per heavy atom. The van der Waals surface area contributed by atoms with Crippen molar-refractivity contribution in [2.45, 2.75) is 27.2 Å². The van der Waals surface area contributed by atoms with Gasteiger partial charge in [0, 0.05) is 23.6 Å². The lowest BCUT2D eigenvalue weighted by Crippen LogP contribution is -2.22. The average Bonchev–Trinajstić information content (AvgIpc) is 2.69. The minimum Gasteiger partial charge on any atom is -0.320 e. The molecule has 0 bridgehead atoms. The number of hydrogen-bond acceptors (Lipinski definition) is 4. The maximum Gasteiger partial charge on any atom is 0.274 e. The van der Waals surface area contributed by atoms with Crippen LogP contribution in [0.4, 0.5) is 17.3 Å². The largest absolute Gasteiger partial charge is 0.320 e. The van der Waals surface area contributed by atoms with Gasteiger partial charge in [0.15, 0.2) is 0 Å². The van der Waals surface area contributed by atoms with Gasteiger partial charge < -0.3 is 10.2 Å². The van der Waals surface area contributed by atoms with Crippen LogP contribution in [0.25, 0.3) is 0 Å². The summed E-state index contributed by atoms with van der Waals surface area (Å²) in [4.78, 5) is 23.9. The van der Waals surface area contributed by atoms with E-state index in [2.05, 4.69) is 22.2 Å². The number of anilines is 3. The van der Waals surface area contributed by atoms with Gasteiger partial charge in [-0.2, -0.15) is 0 Å². The monoisotopic (exact) mass is 360 g/mol. The van der Waals surface area contributed by atoms with Crippen LogP contribution in [-0.4, -0.2) is 22.4 Å². The van der Waals surface area contributed by atoms with Crippen LogP contribution in [0, 0.1) is 6.92 Å². The molecule has 5 heteroatoms. The van der Waals surface area contributed by atoms with Crippen LogP contribution in [0.15, 0.2) is 60.7 Å². The molecule has 1 heterocycles. The summed E-state index contributed by atoms with van der Waals surface area (Å²) in [5.74, 6) is 0.296. The first kappa shape index (κ1) is 18.6. The standard InChI is InChI=1S/C22H24N4O/c1-4-17-11-9-10-14-19(17)24-21(27)20-15-16(3)23-22(25-20)26(5-2)18-12-7-6-8-13-18/h6-15H,4-5H2,1-3H3,(H,24,27). The van der Waals surface area contributed by atoms with Gasteiger partial charge in [0.25, 0.3) is 5.91 Å². The second kappa shape index (κ2) is 8.45. The van der Waals surface area contributed by atoms with E-state index < -0.39 is 0 Å². The Hall–Kier alpha value is -3.21. The number of carbonyl (C=O) groups is 1. The van der Waals surface area contributed by atoms with Crippen molar-refractivity contribution in [2.24, 2.45) is 0 Å². The van der Waals surface area contributed by atoms with Gasteiger partial charge in [-0.05, 0) is 50.1 Å². The average molecular weight is 360 g/mol. The smallest absolute Gasteiger partial charge is 0.274 e. The van der Waals surface area contributed by atoms with Gasteiger partial charge >= 0.3 is 0 Å². The molecule has 0 unspecified atom stereocenters. The van der Waals surface area contributed by atoms with Crippen LogP contribution in [0.1, 0.15) is 35.6 Å². The summed E-state index contributed by atoms with van der Waals surface area (Å²) in [6.07, 6.45) is 0.849. The minimum atomic E-state index is -0.230. The molecule has 138 valence electrons. The molecule has 0 aliphatic carbocycles. The lowest BCUT2D eigenvalue weighted by Gasteiger charge is -2.21. The number of para-hydroxylation sites is 2. The van der Waals surface area contributed by atoms with Crippen molar-refractivity contribution in [3.8, 4) is 0 Å². The first-order valence-corrected chi connectivity index (χ1v) is 9.20. The SMILES string of the molecule is CCc1ccccc1NC(=O)c1cc(C)nc(N(CC)c2ccccc2)n1. The summed E-state index contributed by atoms with van der Waals surface area (Å²) in [5.41, 5.74) is 4.02. The molecule has 3 rings (SSSR count). The highest BCUT2D eigenvalue weighted by Gasteiger charge is 2.16. The van der Waals surface area contributed by atoms with Crippen LogP contribution in [0.2, 0.25) is 0 Å². The van der Waals surface area contributed by atoms with Crippen LogP contribution in [0.5, 0.6) is 0 Å². The Labute approximate surface area is 160 Å². The number of nitrogens with zero attached hydrogens (tertiary/aromatic N) is 3. The molecule has 0 radical (unpaired) electrons. The predicted octanol–water partition coefficient (Wildman–Crippen LogP) is 4.76. The Morgan fingerprint density at radius 3 is 2.41 bits per heavy atom. The Bertz CT molecular complexity index is 925. The number of nitrogens with one attached hydrogen (secondary N) is 1. The zero-order valence-electron chi connectivity index (χ0n) is 15.9. The van der Waals surface area contributed by atoms with E-state index in [1.165, 1.54) is 0 Å². The van der Waals surface area contributed by atoms with Gasteiger partial charge in [-0.25, -0.2) is 9.97 Å². The van der Waals surface area contributed by atoms with Crippen LogP contribution in [-0.2, 0) is 6.42 Å². The lowest BCUT2D eigenvalue weighted by atomic mass is 10.1. The van der Waals surface area contributed by atoms with Gasteiger partial charge in [0.2, 0.25) is 5.95 Å². The number of carbonyl (C=O) groups excluding carboxylic acids is 1. The number of amides is 1. The van der Waals surface area contributed by atoms with Crippen molar-refractivity contribution in [1.82, 2.24) is 9.97 Å². The van der Waals surface area contributed by atoms with E-state index in [1.54, 1.807) is 6.07 Å². The Morgan fingerprint density at radius 2 is 1.70 bits per heavy atom. The topological polar surface area (TPSA) is 58.1 Å². The number of hydrogen-bond donors (Lipinski definition) is 1. The summed E-state index contributed by atoms with van der Waals surface area (Å²) in [5, 5.41) is 2.98. The highest BCUT2D eigenvalue weighted by Crippen LogP contribution is 2.22. The molecule has 1 aromatic heterocycles. The number of aryl methyl sites for hydroxylation is 2. The first-order chi connectivity index (χ1) is 13.1. The van der Waals surface area contributed by atoms with Gasteiger partial charge in [-0.15, -0.1) is 0 Å². The van der Waals surface area contributed by atoms with Crippen LogP contribution >= 0.6 is 0 Å². The number of aromatic nitrogens is 2. The van der Waals surface area contributed by atoms with Crippen molar-refractivity contribution in [1.29, 1.82) is 0 Å². The van der Waals surface area contributed by atoms with Crippen molar-refractivity contribution in [3.05, 3.63) is 77.6 Å². The Balaban J connectivity index is 1.92. The van der Waals surface area contributed by atoms with Crippen molar-refractivity contribution in [2.75, 3.05) is 16.8 Å². The summed E-state index contributed by atoms with van der Waals surface area (Å²) >= 11 is 0. The maximum absolute atomic E-state index is 12.8. The van der Waals surface area contributed by atoms with E-state index in [4.69, 9.17) is 0 Å². The van der Waals surface area contributed by atoms with Crippen molar-refractivity contribution < 1.29 is 4.79 Å². The zero-order valence-corrected chi connectivity index (χ0v) is 15.9. The molecule has 5 nitrogen and oxygen atoms in total. The third kappa shape index (κ3) is 4.31. The molecule has 0 aliphatic rings. The van der Waals surface area contributed by atoms with Crippen LogP contribution in [0.3, 0.4) is 0 Å². The number of benzene rings is 2. The molecule has 0 spiro atoms. The zero-order chi connectivity index (χ0) is 19.2. The van der Waals surface area contributed by atoms with E-state index >= 15 is 0 Å². The molecule has 0 saturated heterocycles. The molecule has 1 N–H and O–H groups in total. The lowest BCUT2D eigenvalue weighted by molar-refractivity contribution is 0.102. The molecule has 0 fully saturated rings. The molecule has 0 aliphatic heterocycles.